The topological polar surface area (TPSA) is 70.6 Å². The summed E-state index contributed by atoms with van der Waals surface area (Å²) in [5, 5.41) is 0.497. The molecule has 0 saturated carbocycles. The van der Waals surface area contributed by atoms with Crippen LogP contribution < -0.4 is 4.90 Å². The molecule has 3 aromatic carbocycles. The molecule has 158 valence electrons. The minimum absolute atomic E-state index is 0.323. The molecule has 0 bridgehead atoms. The van der Waals surface area contributed by atoms with Gasteiger partial charge >= 0.3 is 0 Å². The number of fused-ring (bicyclic) bond motifs is 2. The molecule has 0 unspecified atom stereocenters. The zero-order valence-corrected chi connectivity index (χ0v) is 18.1. The Hall–Kier alpha value is -3.84. The molecule has 0 atom stereocenters. The van der Waals surface area contributed by atoms with Gasteiger partial charge in [0.2, 0.25) is 0 Å². The van der Waals surface area contributed by atoms with Gasteiger partial charge in [-0.1, -0.05) is 54.7 Å². The molecular weight excluding hydrogens is 422 g/mol. The van der Waals surface area contributed by atoms with Crippen LogP contribution >= 0.6 is 11.3 Å². The fraction of sp³-hybridized carbons (Fsp3) is 0.120. The van der Waals surface area contributed by atoms with Gasteiger partial charge in [-0.3, -0.25) is 24.2 Å². The Morgan fingerprint density at radius 1 is 0.906 bits per heavy atom. The number of thiazole rings is 1. The number of amides is 3. The minimum atomic E-state index is -0.454. The standard InChI is InChI=1S/C25H19N3O3S/c1-2-16-11-13-17(14-12-16)28(25-26-20-9-5-6-10-21(20)32-25)22(29)15-27-23(30)18-7-3-4-8-19(18)24(27)31/h3-14H,2,15H2,1H3. The first-order valence-corrected chi connectivity index (χ1v) is 11.1. The Bertz CT molecular complexity index is 1290. The second-order valence-corrected chi connectivity index (χ2v) is 8.46. The molecule has 0 radical (unpaired) electrons. The monoisotopic (exact) mass is 441 g/mol. The summed E-state index contributed by atoms with van der Waals surface area (Å²) < 4.78 is 0.950. The van der Waals surface area contributed by atoms with Gasteiger partial charge < -0.3 is 0 Å². The number of aryl methyl sites for hydroxylation is 1. The average molecular weight is 442 g/mol. The molecular formula is C25H19N3O3S. The molecule has 6 nitrogen and oxygen atoms in total. The number of carbonyl (C=O) groups is 3. The predicted octanol–water partition coefficient (Wildman–Crippen LogP) is 4.82. The van der Waals surface area contributed by atoms with Gasteiger partial charge in [-0.25, -0.2) is 4.98 Å². The smallest absolute Gasteiger partial charge is 0.262 e. The molecule has 32 heavy (non-hydrogen) atoms. The van der Waals surface area contributed by atoms with Crippen molar-refractivity contribution in [3.8, 4) is 0 Å². The summed E-state index contributed by atoms with van der Waals surface area (Å²) in [6.45, 7) is 1.70. The van der Waals surface area contributed by atoms with Crippen LogP contribution in [0.1, 0.15) is 33.2 Å². The van der Waals surface area contributed by atoms with E-state index in [1.54, 1.807) is 24.3 Å². The Balaban J connectivity index is 1.52. The van der Waals surface area contributed by atoms with Crippen LogP contribution in [0.25, 0.3) is 10.2 Å². The van der Waals surface area contributed by atoms with E-state index in [4.69, 9.17) is 0 Å². The summed E-state index contributed by atoms with van der Waals surface area (Å²) >= 11 is 1.39. The highest BCUT2D eigenvalue weighted by molar-refractivity contribution is 7.22. The quantitative estimate of drug-likeness (QED) is 0.417. The molecule has 0 aliphatic carbocycles. The van der Waals surface area contributed by atoms with Gasteiger partial charge in [0.25, 0.3) is 17.7 Å². The molecule has 0 fully saturated rings. The average Bonchev–Trinajstić information content (AvgIpc) is 3.35. The number of rotatable bonds is 5. The van der Waals surface area contributed by atoms with E-state index in [1.807, 2.05) is 48.5 Å². The lowest BCUT2D eigenvalue weighted by molar-refractivity contribution is -0.118. The van der Waals surface area contributed by atoms with Gasteiger partial charge in [0.05, 0.1) is 27.0 Å². The number of imide groups is 1. The highest BCUT2D eigenvalue weighted by Gasteiger charge is 2.37. The molecule has 3 amide bonds. The first-order chi connectivity index (χ1) is 15.6. The molecule has 4 aromatic rings. The Morgan fingerprint density at radius 2 is 1.53 bits per heavy atom. The van der Waals surface area contributed by atoms with Crippen molar-refractivity contribution in [2.45, 2.75) is 13.3 Å². The van der Waals surface area contributed by atoms with Crippen LogP contribution in [-0.4, -0.2) is 34.2 Å². The molecule has 0 N–H and O–H groups in total. The summed E-state index contributed by atoms with van der Waals surface area (Å²) in [4.78, 5) is 46.2. The molecule has 2 heterocycles. The lowest BCUT2D eigenvalue weighted by Gasteiger charge is -2.23. The Morgan fingerprint density at radius 3 is 2.16 bits per heavy atom. The third kappa shape index (κ3) is 3.36. The van der Waals surface area contributed by atoms with Crippen LogP contribution in [0.2, 0.25) is 0 Å². The van der Waals surface area contributed by atoms with E-state index < -0.39 is 17.7 Å². The molecule has 0 spiro atoms. The lowest BCUT2D eigenvalue weighted by Crippen LogP contribution is -2.41. The third-order valence-electron chi connectivity index (χ3n) is 5.50. The summed E-state index contributed by atoms with van der Waals surface area (Å²) in [7, 11) is 0. The van der Waals surface area contributed by atoms with Crippen molar-refractivity contribution < 1.29 is 14.4 Å². The van der Waals surface area contributed by atoms with Crippen molar-refractivity contribution in [1.29, 1.82) is 0 Å². The maximum absolute atomic E-state index is 13.5. The second kappa shape index (κ2) is 8.01. The van der Waals surface area contributed by atoms with Crippen LogP contribution in [-0.2, 0) is 11.2 Å². The number of carbonyl (C=O) groups excluding carboxylic acids is 3. The molecule has 1 aliphatic rings. The van der Waals surface area contributed by atoms with Crippen LogP contribution in [0.4, 0.5) is 10.8 Å². The van der Waals surface area contributed by atoms with Crippen molar-refractivity contribution in [3.05, 3.63) is 89.5 Å². The number of hydrogen-bond donors (Lipinski definition) is 0. The first-order valence-electron chi connectivity index (χ1n) is 10.3. The van der Waals surface area contributed by atoms with Crippen LogP contribution in [0.5, 0.6) is 0 Å². The third-order valence-corrected chi connectivity index (χ3v) is 6.52. The Kier molecular flexibility index (Phi) is 5.03. The van der Waals surface area contributed by atoms with Gasteiger partial charge in [0, 0.05) is 0 Å². The minimum Gasteiger partial charge on any atom is -0.272 e. The lowest BCUT2D eigenvalue weighted by atomic mass is 10.1. The Labute approximate surface area is 188 Å². The van der Waals surface area contributed by atoms with Gasteiger partial charge in [-0.15, -0.1) is 0 Å². The fourth-order valence-electron chi connectivity index (χ4n) is 3.79. The van der Waals surface area contributed by atoms with E-state index in [9.17, 15) is 14.4 Å². The highest BCUT2D eigenvalue weighted by atomic mass is 32.1. The van der Waals surface area contributed by atoms with E-state index in [1.165, 1.54) is 16.2 Å². The van der Waals surface area contributed by atoms with E-state index in [0.29, 0.717) is 21.9 Å². The van der Waals surface area contributed by atoms with Gasteiger partial charge in [0.1, 0.15) is 6.54 Å². The molecule has 7 heteroatoms. The van der Waals surface area contributed by atoms with E-state index in [-0.39, 0.29) is 6.54 Å². The maximum atomic E-state index is 13.5. The van der Waals surface area contributed by atoms with Crippen molar-refractivity contribution >= 4 is 50.1 Å². The van der Waals surface area contributed by atoms with Gasteiger partial charge in [-0.05, 0) is 48.4 Å². The zero-order valence-electron chi connectivity index (χ0n) is 17.3. The predicted molar refractivity (Wildman–Crippen MR) is 124 cm³/mol. The number of nitrogens with zero attached hydrogens (tertiary/aromatic N) is 3. The number of para-hydroxylation sites is 1. The SMILES string of the molecule is CCc1ccc(N(C(=O)CN2C(=O)c3ccccc3C2=O)c2nc3ccccc3s2)cc1. The normalized spacial score (nSPS) is 13.0. The van der Waals surface area contributed by atoms with Crippen LogP contribution in [0.3, 0.4) is 0 Å². The van der Waals surface area contributed by atoms with Crippen molar-refractivity contribution in [1.82, 2.24) is 9.88 Å². The van der Waals surface area contributed by atoms with E-state index in [2.05, 4.69) is 11.9 Å². The van der Waals surface area contributed by atoms with E-state index >= 15 is 0 Å². The molecule has 1 aliphatic heterocycles. The summed E-state index contributed by atoms with van der Waals surface area (Å²) in [5.41, 5.74) is 3.22. The molecule has 1 aromatic heterocycles. The first kappa shape index (κ1) is 20.1. The largest absolute Gasteiger partial charge is 0.272 e. The van der Waals surface area contributed by atoms with Crippen molar-refractivity contribution in [3.63, 3.8) is 0 Å². The molecule has 5 rings (SSSR count). The number of aromatic nitrogens is 1. The van der Waals surface area contributed by atoms with Crippen LogP contribution in [0.15, 0.2) is 72.8 Å². The van der Waals surface area contributed by atoms with E-state index in [0.717, 1.165) is 27.1 Å². The van der Waals surface area contributed by atoms with Crippen molar-refractivity contribution in [2.24, 2.45) is 0 Å². The zero-order chi connectivity index (χ0) is 22.2. The van der Waals surface area contributed by atoms with Gasteiger partial charge in [0.15, 0.2) is 5.13 Å². The van der Waals surface area contributed by atoms with Crippen molar-refractivity contribution in [2.75, 3.05) is 11.4 Å². The second-order valence-electron chi connectivity index (χ2n) is 7.46. The molecule has 0 saturated heterocycles. The number of hydrogen-bond acceptors (Lipinski definition) is 5. The maximum Gasteiger partial charge on any atom is 0.262 e. The summed E-state index contributed by atoms with van der Waals surface area (Å²) in [6, 6.07) is 21.9. The summed E-state index contributed by atoms with van der Waals surface area (Å²) in [6.07, 6.45) is 0.879. The highest BCUT2D eigenvalue weighted by Crippen LogP contribution is 2.34. The number of benzene rings is 3. The number of anilines is 2. The summed E-state index contributed by atoms with van der Waals surface area (Å²) in [5.74, 6) is -1.31. The fourth-order valence-corrected chi connectivity index (χ4v) is 4.79. The van der Waals surface area contributed by atoms with Crippen LogP contribution in [0, 0.1) is 0 Å². The van der Waals surface area contributed by atoms with Gasteiger partial charge in [-0.2, -0.15) is 0 Å².